The van der Waals surface area contributed by atoms with Gasteiger partial charge in [-0.3, -0.25) is 14.4 Å². The Hall–Kier alpha value is -3.75. The first kappa shape index (κ1) is 18.6. The van der Waals surface area contributed by atoms with Gasteiger partial charge in [-0.2, -0.15) is 0 Å². The molecule has 0 spiro atoms. The average molecular weight is 394 g/mol. The lowest BCUT2D eigenvalue weighted by molar-refractivity contribution is -0.174. The predicted molar refractivity (Wildman–Crippen MR) is 101 cm³/mol. The van der Waals surface area contributed by atoms with E-state index in [-0.39, 0.29) is 11.1 Å². The maximum Gasteiger partial charge on any atom is 0.336 e. The number of nitrogens with two attached hydrogens (primary N) is 1. The van der Waals surface area contributed by atoms with Crippen LogP contribution in [0.25, 0.3) is 0 Å². The summed E-state index contributed by atoms with van der Waals surface area (Å²) in [5.74, 6) is -2.15. The second kappa shape index (κ2) is 7.34. The van der Waals surface area contributed by atoms with Crippen molar-refractivity contribution in [1.29, 1.82) is 0 Å². The maximum absolute atomic E-state index is 12.5. The van der Waals surface area contributed by atoms with Gasteiger partial charge in [-0.15, -0.1) is 0 Å². The molecule has 9 heteroatoms. The Morgan fingerprint density at radius 2 is 1.62 bits per heavy atom. The number of benzene rings is 1. The summed E-state index contributed by atoms with van der Waals surface area (Å²) >= 11 is 0. The largest absolute Gasteiger partial charge is 0.366 e. The molecule has 4 rings (SSSR count). The molecule has 29 heavy (non-hydrogen) atoms. The van der Waals surface area contributed by atoms with Crippen molar-refractivity contribution in [2.75, 3.05) is 18.0 Å². The van der Waals surface area contributed by atoms with E-state index in [9.17, 15) is 19.2 Å². The normalized spacial score (nSPS) is 16.7. The Morgan fingerprint density at radius 3 is 2.14 bits per heavy atom. The minimum atomic E-state index is -0.630. The molecule has 9 nitrogen and oxygen atoms in total. The first-order valence-electron chi connectivity index (χ1n) is 9.16. The molecule has 0 unspecified atom stereocenters. The molecule has 1 fully saturated rings. The van der Waals surface area contributed by atoms with Crippen molar-refractivity contribution < 1.29 is 24.0 Å². The average Bonchev–Trinajstić information content (AvgIpc) is 2.99. The molecule has 2 aliphatic heterocycles. The second-order valence-electron chi connectivity index (χ2n) is 6.89. The summed E-state index contributed by atoms with van der Waals surface area (Å²) in [5, 5.41) is 0.545. The quantitative estimate of drug-likeness (QED) is 0.772. The number of rotatable bonds is 4. The number of primary amides is 1. The van der Waals surface area contributed by atoms with Crippen LogP contribution in [0.1, 0.15) is 43.9 Å². The molecular weight excluding hydrogens is 376 g/mol. The van der Waals surface area contributed by atoms with E-state index in [2.05, 4.69) is 4.98 Å². The van der Waals surface area contributed by atoms with Crippen molar-refractivity contribution in [2.45, 2.75) is 12.8 Å². The van der Waals surface area contributed by atoms with Crippen LogP contribution >= 0.6 is 0 Å². The summed E-state index contributed by atoms with van der Waals surface area (Å²) in [5.41, 5.74) is 5.99. The van der Waals surface area contributed by atoms with E-state index in [0.29, 0.717) is 42.4 Å². The zero-order valence-corrected chi connectivity index (χ0v) is 15.4. The molecule has 3 heterocycles. The molecule has 3 amide bonds. The van der Waals surface area contributed by atoms with Crippen LogP contribution in [0, 0.1) is 5.92 Å². The van der Waals surface area contributed by atoms with Gasteiger partial charge in [-0.1, -0.05) is 17.2 Å². The highest BCUT2D eigenvalue weighted by molar-refractivity contribution is 6.20. The SMILES string of the molecule is NC(=O)c1ccc(N2CCC(C(=O)ON3C(=O)c4ccccc4C3=O)CC2)nc1. The van der Waals surface area contributed by atoms with Crippen molar-refractivity contribution in [3.8, 4) is 0 Å². The Labute approximate surface area is 166 Å². The summed E-state index contributed by atoms with van der Waals surface area (Å²) in [6, 6.07) is 9.66. The number of anilines is 1. The van der Waals surface area contributed by atoms with Gasteiger partial charge in [0.05, 0.1) is 22.6 Å². The topological polar surface area (TPSA) is 123 Å². The number of carbonyl (C=O) groups is 4. The van der Waals surface area contributed by atoms with Gasteiger partial charge in [-0.25, -0.2) is 9.78 Å². The summed E-state index contributed by atoms with van der Waals surface area (Å²) in [6.45, 7) is 1.09. The predicted octanol–water partition coefficient (Wildman–Crippen LogP) is 1.15. The fraction of sp³-hybridized carbons (Fsp3) is 0.250. The van der Waals surface area contributed by atoms with Gasteiger partial charge in [0, 0.05) is 19.3 Å². The Morgan fingerprint density at radius 1 is 1.00 bits per heavy atom. The molecule has 2 N–H and O–H groups in total. The number of nitrogens with zero attached hydrogens (tertiary/aromatic N) is 3. The molecule has 1 aromatic carbocycles. The second-order valence-corrected chi connectivity index (χ2v) is 6.89. The minimum Gasteiger partial charge on any atom is -0.366 e. The molecule has 0 atom stereocenters. The number of hydrogen-bond acceptors (Lipinski definition) is 7. The molecule has 0 aliphatic carbocycles. The number of carbonyl (C=O) groups excluding carboxylic acids is 4. The van der Waals surface area contributed by atoms with E-state index in [0.717, 1.165) is 0 Å². The highest BCUT2D eigenvalue weighted by Crippen LogP contribution is 2.26. The van der Waals surface area contributed by atoms with E-state index in [4.69, 9.17) is 10.6 Å². The Kier molecular flexibility index (Phi) is 4.71. The van der Waals surface area contributed by atoms with Crippen molar-refractivity contribution in [2.24, 2.45) is 11.7 Å². The van der Waals surface area contributed by atoms with Crippen LogP contribution < -0.4 is 10.6 Å². The van der Waals surface area contributed by atoms with Gasteiger partial charge in [0.1, 0.15) is 5.82 Å². The summed E-state index contributed by atoms with van der Waals surface area (Å²) < 4.78 is 0. The van der Waals surface area contributed by atoms with E-state index < -0.39 is 29.6 Å². The number of imide groups is 1. The third kappa shape index (κ3) is 3.42. The molecule has 1 saturated heterocycles. The standard InChI is InChI=1S/C20H18N4O5/c21-17(25)13-5-6-16(22-11-13)23-9-7-12(8-10-23)20(28)29-24-18(26)14-3-1-2-4-15(14)19(24)27/h1-6,11-12H,7-10H2,(H2,21,25). The van der Waals surface area contributed by atoms with Crippen LogP contribution in [0.15, 0.2) is 42.6 Å². The fourth-order valence-corrected chi connectivity index (χ4v) is 3.48. The van der Waals surface area contributed by atoms with Crippen LogP contribution in [0.2, 0.25) is 0 Å². The number of aromatic nitrogens is 1. The lowest BCUT2D eigenvalue weighted by Gasteiger charge is -2.32. The minimum absolute atomic E-state index is 0.227. The van der Waals surface area contributed by atoms with Crippen molar-refractivity contribution in [3.63, 3.8) is 0 Å². The number of piperidine rings is 1. The van der Waals surface area contributed by atoms with Gasteiger partial charge < -0.3 is 15.5 Å². The van der Waals surface area contributed by atoms with E-state index >= 15 is 0 Å². The lowest BCUT2D eigenvalue weighted by atomic mass is 9.97. The maximum atomic E-state index is 12.5. The van der Waals surface area contributed by atoms with Crippen LogP contribution in [-0.4, -0.2) is 46.8 Å². The Balaban J connectivity index is 1.36. The summed E-state index contributed by atoms with van der Waals surface area (Å²) in [7, 11) is 0. The molecule has 0 radical (unpaired) electrons. The zero-order valence-electron chi connectivity index (χ0n) is 15.4. The lowest BCUT2D eigenvalue weighted by Crippen LogP contribution is -2.40. The molecule has 2 aliphatic rings. The highest BCUT2D eigenvalue weighted by Gasteiger charge is 2.40. The van der Waals surface area contributed by atoms with Crippen molar-refractivity contribution in [1.82, 2.24) is 10.0 Å². The molecular formula is C20H18N4O5. The molecule has 148 valence electrons. The summed E-state index contributed by atoms with van der Waals surface area (Å²) in [6.07, 6.45) is 2.39. The molecule has 0 bridgehead atoms. The Bertz CT molecular complexity index is 961. The van der Waals surface area contributed by atoms with Gasteiger partial charge in [0.15, 0.2) is 0 Å². The number of hydrogen-bond donors (Lipinski definition) is 1. The molecule has 2 aromatic rings. The molecule has 0 saturated carbocycles. The van der Waals surface area contributed by atoms with E-state index in [1.807, 2.05) is 4.90 Å². The van der Waals surface area contributed by atoms with E-state index in [1.54, 1.807) is 24.3 Å². The third-order valence-electron chi connectivity index (χ3n) is 5.12. The van der Waals surface area contributed by atoms with Gasteiger partial charge >= 0.3 is 5.97 Å². The van der Waals surface area contributed by atoms with Gasteiger partial charge in [0.2, 0.25) is 5.91 Å². The molecule has 1 aromatic heterocycles. The number of fused-ring (bicyclic) bond motifs is 1. The van der Waals surface area contributed by atoms with Crippen LogP contribution in [0.5, 0.6) is 0 Å². The zero-order chi connectivity index (χ0) is 20.5. The number of hydroxylamine groups is 2. The van der Waals surface area contributed by atoms with Crippen LogP contribution in [-0.2, 0) is 9.63 Å². The highest BCUT2D eigenvalue weighted by atomic mass is 16.7. The first-order chi connectivity index (χ1) is 14.0. The van der Waals surface area contributed by atoms with Crippen LogP contribution in [0.3, 0.4) is 0 Å². The smallest absolute Gasteiger partial charge is 0.336 e. The first-order valence-corrected chi connectivity index (χ1v) is 9.16. The third-order valence-corrected chi connectivity index (χ3v) is 5.12. The van der Waals surface area contributed by atoms with Crippen molar-refractivity contribution in [3.05, 3.63) is 59.3 Å². The van der Waals surface area contributed by atoms with Crippen LogP contribution in [0.4, 0.5) is 5.82 Å². The summed E-state index contributed by atoms with van der Waals surface area (Å²) in [4.78, 5) is 59.6. The van der Waals surface area contributed by atoms with Gasteiger partial charge in [0.25, 0.3) is 11.8 Å². The fourth-order valence-electron chi connectivity index (χ4n) is 3.48. The van der Waals surface area contributed by atoms with Crippen molar-refractivity contribution >= 4 is 29.5 Å². The number of pyridine rings is 1. The number of amides is 3. The van der Waals surface area contributed by atoms with E-state index in [1.165, 1.54) is 18.3 Å². The monoisotopic (exact) mass is 394 g/mol. The van der Waals surface area contributed by atoms with Gasteiger partial charge in [-0.05, 0) is 37.1 Å².